The molecule has 2 amide bonds. The summed E-state index contributed by atoms with van der Waals surface area (Å²) in [5.74, 6) is -0.190. The van der Waals surface area contributed by atoms with E-state index in [0.717, 1.165) is 19.4 Å². The number of hydrogen-bond donors (Lipinski definition) is 1. The quantitative estimate of drug-likeness (QED) is 0.803. The second-order valence-electron chi connectivity index (χ2n) is 5.80. The van der Waals surface area contributed by atoms with Gasteiger partial charge in [0.1, 0.15) is 0 Å². The van der Waals surface area contributed by atoms with Gasteiger partial charge in [0.15, 0.2) is 0 Å². The summed E-state index contributed by atoms with van der Waals surface area (Å²) in [6, 6.07) is 0.490. The Balaban J connectivity index is 1.59. The SMILES string of the molecule is O=C(O)CC1CN(C(=O)N2CC3CCC2C3)CCO1. The highest BCUT2D eigenvalue weighted by atomic mass is 16.5. The number of amides is 2. The van der Waals surface area contributed by atoms with Crippen LogP contribution in [0.1, 0.15) is 25.7 Å². The van der Waals surface area contributed by atoms with Gasteiger partial charge in [-0.25, -0.2) is 4.79 Å². The molecule has 3 unspecified atom stereocenters. The number of morpholine rings is 1. The molecule has 1 aliphatic carbocycles. The molecule has 0 radical (unpaired) electrons. The van der Waals surface area contributed by atoms with Crippen LogP contribution in [-0.4, -0.2) is 65.3 Å². The van der Waals surface area contributed by atoms with Gasteiger partial charge in [-0.15, -0.1) is 0 Å². The maximum absolute atomic E-state index is 12.5. The van der Waals surface area contributed by atoms with Gasteiger partial charge in [-0.3, -0.25) is 4.79 Å². The van der Waals surface area contributed by atoms with Crippen molar-refractivity contribution in [1.82, 2.24) is 9.80 Å². The van der Waals surface area contributed by atoms with Gasteiger partial charge in [0.05, 0.1) is 19.1 Å². The molecule has 19 heavy (non-hydrogen) atoms. The fraction of sp³-hybridized carbons (Fsp3) is 0.846. The van der Waals surface area contributed by atoms with E-state index in [1.807, 2.05) is 4.90 Å². The average molecular weight is 268 g/mol. The number of fused-ring (bicyclic) bond motifs is 2. The smallest absolute Gasteiger partial charge is 0.320 e. The molecule has 6 heteroatoms. The third-order valence-corrected chi connectivity index (χ3v) is 4.47. The lowest BCUT2D eigenvalue weighted by Gasteiger charge is -2.37. The molecule has 0 aromatic heterocycles. The summed E-state index contributed by atoms with van der Waals surface area (Å²) in [4.78, 5) is 26.9. The second-order valence-corrected chi connectivity index (χ2v) is 5.80. The van der Waals surface area contributed by atoms with Crippen LogP contribution in [0.25, 0.3) is 0 Å². The van der Waals surface area contributed by atoms with Gasteiger partial charge in [-0.2, -0.15) is 0 Å². The van der Waals surface area contributed by atoms with Crippen molar-refractivity contribution in [2.75, 3.05) is 26.2 Å². The minimum atomic E-state index is -0.875. The zero-order valence-electron chi connectivity index (χ0n) is 11.0. The van der Waals surface area contributed by atoms with E-state index in [2.05, 4.69) is 0 Å². The Labute approximate surface area is 112 Å². The molecular formula is C13H20N2O4. The third kappa shape index (κ3) is 2.54. The molecule has 2 heterocycles. The molecule has 3 fully saturated rings. The van der Waals surface area contributed by atoms with Crippen molar-refractivity contribution in [2.24, 2.45) is 5.92 Å². The molecule has 0 aromatic carbocycles. The van der Waals surface area contributed by atoms with E-state index in [4.69, 9.17) is 9.84 Å². The van der Waals surface area contributed by atoms with Gasteiger partial charge >= 0.3 is 12.0 Å². The molecule has 1 N–H and O–H groups in total. The van der Waals surface area contributed by atoms with Crippen LogP contribution in [0.4, 0.5) is 4.79 Å². The Hall–Kier alpha value is -1.30. The van der Waals surface area contributed by atoms with Crippen LogP contribution in [0.5, 0.6) is 0 Å². The lowest BCUT2D eigenvalue weighted by atomic mass is 10.1. The molecular weight excluding hydrogens is 248 g/mol. The molecule has 3 rings (SSSR count). The van der Waals surface area contributed by atoms with E-state index in [0.29, 0.717) is 31.7 Å². The number of hydrogen-bond acceptors (Lipinski definition) is 3. The van der Waals surface area contributed by atoms with E-state index in [1.54, 1.807) is 4.90 Å². The lowest BCUT2D eigenvalue weighted by molar-refractivity contribution is -0.141. The van der Waals surface area contributed by atoms with E-state index in [1.165, 1.54) is 6.42 Å². The van der Waals surface area contributed by atoms with Crippen LogP contribution in [0.2, 0.25) is 0 Å². The standard InChI is InChI=1S/C13H20N2O4/c16-12(17)6-11-8-14(3-4-19-11)13(18)15-7-9-1-2-10(15)5-9/h9-11H,1-8H2,(H,16,17). The Morgan fingerprint density at radius 3 is 2.74 bits per heavy atom. The number of urea groups is 1. The highest BCUT2D eigenvalue weighted by molar-refractivity contribution is 5.75. The normalized spacial score (nSPS) is 33.8. The second kappa shape index (κ2) is 5.00. The number of carboxylic acids is 1. The summed E-state index contributed by atoms with van der Waals surface area (Å²) in [6.45, 7) is 2.29. The summed E-state index contributed by atoms with van der Waals surface area (Å²) in [5.41, 5.74) is 0. The molecule has 2 saturated heterocycles. The van der Waals surface area contributed by atoms with E-state index in [9.17, 15) is 9.59 Å². The monoisotopic (exact) mass is 268 g/mol. The van der Waals surface area contributed by atoms with Crippen molar-refractivity contribution in [3.05, 3.63) is 0 Å². The number of piperidine rings is 1. The van der Waals surface area contributed by atoms with Gasteiger partial charge in [0, 0.05) is 25.7 Å². The lowest BCUT2D eigenvalue weighted by Crippen LogP contribution is -2.53. The van der Waals surface area contributed by atoms with Crippen LogP contribution in [-0.2, 0) is 9.53 Å². The summed E-state index contributed by atoms with van der Waals surface area (Å²) >= 11 is 0. The number of aliphatic carboxylic acids is 1. The van der Waals surface area contributed by atoms with Crippen LogP contribution >= 0.6 is 0 Å². The Bertz CT molecular complexity index is 387. The van der Waals surface area contributed by atoms with Crippen molar-refractivity contribution in [1.29, 1.82) is 0 Å². The van der Waals surface area contributed by atoms with Crippen molar-refractivity contribution in [3.8, 4) is 0 Å². The van der Waals surface area contributed by atoms with Gasteiger partial charge in [-0.05, 0) is 25.2 Å². The fourth-order valence-corrected chi connectivity index (χ4v) is 3.55. The number of nitrogens with zero attached hydrogens (tertiary/aromatic N) is 2. The first-order chi connectivity index (χ1) is 9.13. The number of carboxylic acid groups (broad SMARTS) is 1. The van der Waals surface area contributed by atoms with Gasteiger partial charge in [-0.1, -0.05) is 0 Å². The predicted molar refractivity (Wildman–Crippen MR) is 66.8 cm³/mol. The Morgan fingerprint density at radius 2 is 2.11 bits per heavy atom. The van der Waals surface area contributed by atoms with Gasteiger partial charge < -0.3 is 19.6 Å². The van der Waals surface area contributed by atoms with E-state index >= 15 is 0 Å². The zero-order chi connectivity index (χ0) is 13.4. The maximum Gasteiger partial charge on any atom is 0.320 e. The van der Waals surface area contributed by atoms with Crippen molar-refractivity contribution in [3.63, 3.8) is 0 Å². The van der Waals surface area contributed by atoms with Crippen LogP contribution in [0.3, 0.4) is 0 Å². The first-order valence-electron chi connectivity index (χ1n) is 7.02. The zero-order valence-corrected chi connectivity index (χ0v) is 11.0. The van der Waals surface area contributed by atoms with Crippen molar-refractivity contribution in [2.45, 2.75) is 37.8 Å². The Morgan fingerprint density at radius 1 is 1.26 bits per heavy atom. The summed E-state index contributed by atoms with van der Waals surface area (Å²) in [5, 5.41) is 8.79. The first kappa shape index (κ1) is 12.7. The van der Waals surface area contributed by atoms with E-state index in [-0.39, 0.29) is 18.6 Å². The average Bonchev–Trinajstić information content (AvgIpc) is 2.99. The molecule has 2 aliphatic heterocycles. The predicted octanol–water partition coefficient (Wildman–Crippen LogP) is 0.766. The first-order valence-corrected chi connectivity index (χ1v) is 7.02. The number of rotatable bonds is 2. The summed E-state index contributed by atoms with van der Waals surface area (Å²) in [7, 11) is 0. The summed E-state index contributed by atoms with van der Waals surface area (Å²) in [6.07, 6.45) is 3.12. The molecule has 2 bridgehead atoms. The van der Waals surface area contributed by atoms with Crippen LogP contribution in [0, 0.1) is 5.92 Å². The molecule has 0 spiro atoms. The number of carbonyl (C=O) groups is 2. The number of carbonyl (C=O) groups excluding carboxylic acids is 1. The maximum atomic E-state index is 12.5. The number of likely N-dealkylation sites (tertiary alicyclic amines) is 1. The summed E-state index contributed by atoms with van der Waals surface area (Å²) < 4.78 is 5.40. The van der Waals surface area contributed by atoms with Crippen molar-refractivity contribution < 1.29 is 19.4 Å². The van der Waals surface area contributed by atoms with Gasteiger partial charge in [0.25, 0.3) is 0 Å². The Kier molecular flexibility index (Phi) is 3.35. The highest BCUT2D eigenvalue weighted by Gasteiger charge is 2.42. The fourth-order valence-electron chi connectivity index (χ4n) is 3.55. The minimum Gasteiger partial charge on any atom is -0.481 e. The molecule has 3 aliphatic rings. The number of ether oxygens (including phenoxy) is 1. The molecule has 6 nitrogen and oxygen atoms in total. The van der Waals surface area contributed by atoms with Crippen LogP contribution in [0.15, 0.2) is 0 Å². The molecule has 106 valence electrons. The minimum absolute atomic E-state index is 0.0319. The van der Waals surface area contributed by atoms with Crippen molar-refractivity contribution >= 4 is 12.0 Å². The molecule has 3 atom stereocenters. The molecule has 0 aromatic rings. The topological polar surface area (TPSA) is 70.1 Å². The largest absolute Gasteiger partial charge is 0.481 e. The van der Waals surface area contributed by atoms with E-state index < -0.39 is 5.97 Å². The third-order valence-electron chi connectivity index (χ3n) is 4.47. The highest BCUT2D eigenvalue weighted by Crippen LogP contribution is 2.37. The molecule has 1 saturated carbocycles. The van der Waals surface area contributed by atoms with Gasteiger partial charge in [0.2, 0.25) is 0 Å². The van der Waals surface area contributed by atoms with Crippen LogP contribution < -0.4 is 0 Å².